The molecule has 21 heavy (non-hydrogen) atoms. The van der Waals surface area contributed by atoms with E-state index >= 15 is 0 Å². The number of rotatable bonds is 1. The molecule has 0 aromatic heterocycles. The highest BCUT2D eigenvalue weighted by atomic mass is 16.3. The van der Waals surface area contributed by atoms with E-state index in [4.69, 9.17) is 0 Å². The maximum Gasteiger partial charge on any atom is 0.0772 e. The van der Waals surface area contributed by atoms with Crippen LogP contribution in [-0.4, -0.2) is 10.7 Å². The Hall–Kier alpha value is -0.300. The summed E-state index contributed by atoms with van der Waals surface area (Å²) in [7, 11) is 0. The molecule has 0 radical (unpaired) electrons. The average molecular weight is 290 g/mol. The van der Waals surface area contributed by atoms with Gasteiger partial charge in [-0.2, -0.15) is 0 Å². The normalized spacial score (nSPS) is 50.3. The molecule has 3 aliphatic carbocycles. The summed E-state index contributed by atoms with van der Waals surface area (Å²) >= 11 is 0. The van der Waals surface area contributed by atoms with Gasteiger partial charge in [-0.15, -0.1) is 0 Å². The smallest absolute Gasteiger partial charge is 0.0772 e. The fourth-order valence-electron chi connectivity index (χ4n) is 6.07. The Bertz CT molecular complexity index is 424. The Kier molecular flexibility index (Phi) is 4.01. The number of allylic oxidation sites excluding steroid dienone is 1. The van der Waals surface area contributed by atoms with Gasteiger partial charge in [-0.05, 0) is 68.1 Å². The van der Waals surface area contributed by atoms with E-state index < -0.39 is 5.60 Å². The van der Waals surface area contributed by atoms with Crippen molar-refractivity contribution >= 4 is 0 Å². The van der Waals surface area contributed by atoms with Gasteiger partial charge in [0.1, 0.15) is 0 Å². The minimum absolute atomic E-state index is 0.390. The van der Waals surface area contributed by atoms with Gasteiger partial charge in [0.05, 0.1) is 5.60 Å². The van der Waals surface area contributed by atoms with E-state index in [0.717, 1.165) is 18.3 Å². The van der Waals surface area contributed by atoms with Crippen LogP contribution in [0.4, 0.5) is 0 Å². The molecule has 0 saturated heterocycles. The van der Waals surface area contributed by atoms with E-state index in [2.05, 4.69) is 40.7 Å². The van der Waals surface area contributed by atoms with Crippen molar-refractivity contribution in [3.63, 3.8) is 0 Å². The van der Waals surface area contributed by atoms with Crippen LogP contribution in [0.15, 0.2) is 11.6 Å². The van der Waals surface area contributed by atoms with Crippen molar-refractivity contribution in [1.29, 1.82) is 0 Å². The Morgan fingerprint density at radius 3 is 2.52 bits per heavy atom. The molecular formula is C20H34O. The van der Waals surface area contributed by atoms with Crippen LogP contribution >= 0.6 is 0 Å². The topological polar surface area (TPSA) is 20.2 Å². The summed E-state index contributed by atoms with van der Waals surface area (Å²) in [6.45, 7) is 11.8. The summed E-state index contributed by atoms with van der Waals surface area (Å²) in [6, 6.07) is 0. The summed E-state index contributed by atoms with van der Waals surface area (Å²) in [5, 5.41) is 11.9. The molecule has 3 aliphatic rings. The average Bonchev–Trinajstić information content (AvgIpc) is 2.41. The summed E-state index contributed by atoms with van der Waals surface area (Å²) in [6.07, 6.45) is 8.81. The maximum atomic E-state index is 11.9. The highest BCUT2D eigenvalue weighted by Crippen LogP contribution is 2.58. The van der Waals surface area contributed by atoms with Crippen LogP contribution in [0.1, 0.15) is 66.7 Å². The van der Waals surface area contributed by atoms with Crippen LogP contribution in [0.2, 0.25) is 0 Å². The first kappa shape index (κ1) is 15.6. The Balaban J connectivity index is 2.10. The molecule has 1 nitrogen and oxygen atoms in total. The fourth-order valence-corrected chi connectivity index (χ4v) is 6.07. The minimum Gasteiger partial charge on any atom is -0.389 e. The molecule has 4 bridgehead atoms. The fraction of sp³-hybridized carbons (Fsp3) is 0.900. The molecule has 0 aliphatic heterocycles. The summed E-state index contributed by atoms with van der Waals surface area (Å²) < 4.78 is 0. The number of hydrogen-bond acceptors (Lipinski definition) is 1. The molecule has 0 aromatic rings. The van der Waals surface area contributed by atoms with E-state index in [-0.39, 0.29) is 0 Å². The third-order valence-corrected chi connectivity index (χ3v) is 7.38. The molecule has 1 N–H and O–H groups in total. The van der Waals surface area contributed by atoms with Gasteiger partial charge in [0, 0.05) is 5.92 Å². The summed E-state index contributed by atoms with van der Waals surface area (Å²) in [4.78, 5) is 0. The molecule has 0 spiro atoms. The predicted molar refractivity (Wildman–Crippen MR) is 88.9 cm³/mol. The zero-order chi connectivity index (χ0) is 15.4. The molecule has 7 atom stereocenters. The molecule has 0 unspecified atom stereocenters. The van der Waals surface area contributed by atoms with Crippen molar-refractivity contribution in [2.24, 2.45) is 41.4 Å². The maximum absolute atomic E-state index is 11.9. The van der Waals surface area contributed by atoms with E-state index in [1.807, 2.05) is 0 Å². The van der Waals surface area contributed by atoms with Crippen LogP contribution in [0.25, 0.3) is 0 Å². The zero-order valence-electron chi connectivity index (χ0n) is 14.6. The van der Waals surface area contributed by atoms with Gasteiger partial charge < -0.3 is 5.11 Å². The van der Waals surface area contributed by atoms with Crippen LogP contribution < -0.4 is 0 Å². The third kappa shape index (κ3) is 2.31. The molecular weight excluding hydrogens is 256 g/mol. The monoisotopic (exact) mass is 290 g/mol. The van der Waals surface area contributed by atoms with Crippen LogP contribution in [0.5, 0.6) is 0 Å². The second kappa shape index (κ2) is 5.41. The van der Waals surface area contributed by atoms with Gasteiger partial charge in [-0.25, -0.2) is 0 Å². The van der Waals surface area contributed by atoms with E-state index in [1.165, 1.54) is 31.3 Å². The zero-order valence-corrected chi connectivity index (χ0v) is 14.6. The molecule has 2 saturated carbocycles. The van der Waals surface area contributed by atoms with E-state index in [9.17, 15) is 5.11 Å². The van der Waals surface area contributed by atoms with Gasteiger partial charge in [-0.3, -0.25) is 0 Å². The van der Waals surface area contributed by atoms with Gasteiger partial charge in [0.15, 0.2) is 0 Å². The van der Waals surface area contributed by atoms with Crippen molar-refractivity contribution in [3.8, 4) is 0 Å². The Morgan fingerprint density at radius 2 is 1.86 bits per heavy atom. The molecule has 0 amide bonds. The van der Waals surface area contributed by atoms with Crippen LogP contribution in [0.3, 0.4) is 0 Å². The predicted octanol–water partition coefficient (Wildman–Crippen LogP) is 5.05. The van der Waals surface area contributed by atoms with Gasteiger partial charge in [-0.1, -0.05) is 45.8 Å². The standard InChI is InChI=1S/C20H34O/c1-12(2)16-8-6-14(4)17-9-7-15(5)20(21)18(16)10-13(3)11-19(17)20/h10,12,14-19,21H,6-9,11H2,1-5H3/t14-,15-,16-,17+,18+,19-,20+/m1/s1. The quantitative estimate of drug-likeness (QED) is 0.670. The summed E-state index contributed by atoms with van der Waals surface area (Å²) in [5.41, 5.74) is 1.10. The second-order valence-electron chi connectivity index (χ2n) is 8.84. The first-order chi connectivity index (χ1) is 9.85. The Morgan fingerprint density at radius 1 is 1.14 bits per heavy atom. The molecule has 0 aromatic carbocycles. The van der Waals surface area contributed by atoms with Gasteiger partial charge in [0.25, 0.3) is 0 Å². The van der Waals surface area contributed by atoms with Crippen molar-refractivity contribution in [1.82, 2.24) is 0 Å². The van der Waals surface area contributed by atoms with Crippen molar-refractivity contribution < 1.29 is 5.11 Å². The number of hydrogen-bond donors (Lipinski definition) is 1. The van der Waals surface area contributed by atoms with Crippen molar-refractivity contribution in [2.45, 2.75) is 72.3 Å². The van der Waals surface area contributed by atoms with E-state index in [0.29, 0.717) is 29.6 Å². The lowest BCUT2D eigenvalue weighted by Gasteiger charge is -2.59. The van der Waals surface area contributed by atoms with Gasteiger partial charge >= 0.3 is 0 Å². The molecule has 3 rings (SSSR count). The van der Waals surface area contributed by atoms with Crippen LogP contribution in [-0.2, 0) is 0 Å². The molecule has 1 heteroatoms. The molecule has 0 heterocycles. The Labute approximate surface area is 131 Å². The first-order valence-electron chi connectivity index (χ1n) is 9.25. The molecule has 120 valence electrons. The molecule has 2 fully saturated rings. The lowest BCUT2D eigenvalue weighted by Crippen LogP contribution is -2.60. The van der Waals surface area contributed by atoms with Crippen molar-refractivity contribution in [2.75, 3.05) is 0 Å². The highest BCUT2D eigenvalue weighted by molar-refractivity contribution is 5.21. The first-order valence-corrected chi connectivity index (χ1v) is 9.25. The highest BCUT2D eigenvalue weighted by Gasteiger charge is 2.57. The second-order valence-corrected chi connectivity index (χ2v) is 8.84. The summed E-state index contributed by atoms with van der Waals surface area (Å²) in [5.74, 6) is 4.19. The van der Waals surface area contributed by atoms with E-state index in [1.54, 1.807) is 0 Å². The largest absolute Gasteiger partial charge is 0.389 e. The lowest BCUT2D eigenvalue weighted by molar-refractivity contribution is -0.176. The minimum atomic E-state index is -0.438. The third-order valence-electron chi connectivity index (χ3n) is 7.38. The van der Waals surface area contributed by atoms with Crippen LogP contribution in [0, 0.1) is 41.4 Å². The SMILES string of the molecule is CC1=C[C@H]2[C@@H](C(C)C)CC[C@@H](C)[C@@H]3CC[C@@H](C)[C@@]2(O)[C@@H]3C1. The van der Waals surface area contributed by atoms with Crippen molar-refractivity contribution in [3.05, 3.63) is 11.6 Å². The lowest BCUT2D eigenvalue weighted by atomic mass is 9.49. The van der Waals surface area contributed by atoms with Gasteiger partial charge in [0.2, 0.25) is 0 Å². The number of aliphatic hydroxyl groups is 1.